The van der Waals surface area contributed by atoms with E-state index in [2.05, 4.69) is 4.99 Å². The van der Waals surface area contributed by atoms with Crippen molar-refractivity contribution < 1.29 is 4.79 Å². The van der Waals surface area contributed by atoms with E-state index in [1.165, 1.54) is 23.1 Å². The fourth-order valence-corrected chi connectivity index (χ4v) is 3.16. The van der Waals surface area contributed by atoms with E-state index in [4.69, 9.17) is 23.2 Å². The van der Waals surface area contributed by atoms with Gasteiger partial charge in [-0.15, -0.1) is 23.1 Å². The lowest BCUT2D eigenvalue weighted by Gasteiger charge is -2.01. The minimum Gasteiger partial charge on any atom is -0.294 e. The van der Waals surface area contributed by atoms with Crippen LogP contribution in [0.25, 0.3) is 0 Å². The normalized spacial score (nSPS) is 11.9. The molecule has 0 radical (unpaired) electrons. The monoisotopic (exact) mass is 295 g/mol. The van der Waals surface area contributed by atoms with Crippen LogP contribution in [0.1, 0.15) is 23.7 Å². The molecule has 0 fully saturated rings. The van der Waals surface area contributed by atoms with Crippen molar-refractivity contribution in [3.05, 3.63) is 20.3 Å². The Bertz CT molecular complexity index is 415. The SMILES string of the molecule is CCN=C(CC(=O)c1cc(Cl)sc1Cl)SC. The number of carbonyl (C=O) groups excluding carboxylic acids is 1. The van der Waals surface area contributed by atoms with Gasteiger partial charge >= 0.3 is 0 Å². The molecule has 1 rings (SSSR count). The van der Waals surface area contributed by atoms with Gasteiger partial charge in [-0.1, -0.05) is 23.2 Å². The molecule has 88 valence electrons. The van der Waals surface area contributed by atoms with E-state index in [1.54, 1.807) is 6.07 Å². The van der Waals surface area contributed by atoms with Gasteiger partial charge in [-0.2, -0.15) is 0 Å². The van der Waals surface area contributed by atoms with Crippen molar-refractivity contribution in [3.8, 4) is 0 Å². The van der Waals surface area contributed by atoms with Crippen LogP contribution in [0.15, 0.2) is 11.1 Å². The molecular weight excluding hydrogens is 285 g/mol. The summed E-state index contributed by atoms with van der Waals surface area (Å²) in [5, 5.41) is 0.825. The highest BCUT2D eigenvalue weighted by molar-refractivity contribution is 8.13. The maximum Gasteiger partial charge on any atom is 0.171 e. The second kappa shape index (κ2) is 6.64. The molecule has 0 aliphatic heterocycles. The summed E-state index contributed by atoms with van der Waals surface area (Å²) in [7, 11) is 0. The largest absolute Gasteiger partial charge is 0.294 e. The highest BCUT2D eigenvalue weighted by Crippen LogP contribution is 2.32. The summed E-state index contributed by atoms with van der Waals surface area (Å²) in [6, 6.07) is 1.61. The van der Waals surface area contributed by atoms with Crippen molar-refractivity contribution in [1.82, 2.24) is 0 Å². The summed E-state index contributed by atoms with van der Waals surface area (Å²) >= 11 is 14.4. The molecule has 2 nitrogen and oxygen atoms in total. The van der Waals surface area contributed by atoms with Crippen molar-refractivity contribution in [3.63, 3.8) is 0 Å². The Labute approximate surface area is 113 Å². The van der Waals surface area contributed by atoms with Crippen LogP contribution in [0, 0.1) is 0 Å². The first-order valence-corrected chi connectivity index (χ1v) is 7.43. The number of thioether (sulfide) groups is 1. The quantitative estimate of drug-likeness (QED) is 0.468. The topological polar surface area (TPSA) is 29.4 Å². The average Bonchev–Trinajstić information content (AvgIpc) is 2.57. The molecule has 0 aliphatic rings. The highest BCUT2D eigenvalue weighted by Gasteiger charge is 2.15. The standard InChI is InChI=1S/C10H11Cl2NOS2/c1-3-13-9(15-2)5-7(14)6-4-8(11)16-10(6)12/h4H,3,5H2,1-2H3. The zero-order valence-electron chi connectivity index (χ0n) is 8.92. The molecule has 1 heterocycles. The maximum atomic E-state index is 11.9. The summed E-state index contributed by atoms with van der Waals surface area (Å²) in [5.41, 5.74) is 0.495. The molecule has 0 aromatic carbocycles. The van der Waals surface area contributed by atoms with Gasteiger partial charge in [0.05, 0.1) is 15.8 Å². The molecule has 0 spiro atoms. The van der Waals surface area contributed by atoms with Crippen LogP contribution in [0.3, 0.4) is 0 Å². The first-order chi connectivity index (χ1) is 7.58. The van der Waals surface area contributed by atoms with E-state index in [-0.39, 0.29) is 5.78 Å². The molecule has 0 unspecified atom stereocenters. The molecule has 1 aromatic rings. The number of nitrogens with zero attached hydrogens (tertiary/aromatic N) is 1. The number of carbonyl (C=O) groups is 1. The number of aliphatic imine (C=N–C) groups is 1. The summed E-state index contributed by atoms with van der Waals surface area (Å²) in [6.45, 7) is 2.62. The Morgan fingerprint density at radius 1 is 1.56 bits per heavy atom. The zero-order valence-corrected chi connectivity index (χ0v) is 12.1. The maximum absolute atomic E-state index is 11.9. The van der Waals surface area contributed by atoms with E-state index >= 15 is 0 Å². The number of hydrogen-bond donors (Lipinski definition) is 0. The Balaban J connectivity index is 2.79. The van der Waals surface area contributed by atoms with Gasteiger partial charge in [-0.05, 0) is 19.2 Å². The molecule has 0 amide bonds. The number of rotatable bonds is 4. The van der Waals surface area contributed by atoms with Crippen molar-refractivity contribution >= 4 is 57.1 Å². The van der Waals surface area contributed by atoms with Crippen molar-refractivity contribution in [2.45, 2.75) is 13.3 Å². The van der Waals surface area contributed by atoms with Gasteiger partial charge in [0.15, 0.2) is 5.78 Å². The molecule has 0 N–H and O–H groups in total. The molecular formula is C10H11Cl2NOS2. The first-order valence-electron chi connectivity index (χ1n) is 4.63. The van der Waals surface area contributed by atoms with E-state index in [9.17, 15) is 4.79 Å². The average molecular weight is 296 g/mol. The van der Waals surface area contributed by atoms with Crippen LogP contribution < -0.4 is 0 Å². The lowest BCUT2D eigenvalue weighted by atomic mass is 10.2. The van der Waals surface area contributed by atoms with Gasteiger partial charge in [-0.25, -0.2) is 0 Å². The van der Waals surface area contributed by atoms with Gasteiger partial charge in [0.2, 0.25) is 0 Å². The third kappa shape index (κ3) is 3.77. The van der Waals surface area contributed by atoms with Gasteiger partial charge in [-0.3, -0.25) is 9.79 Å². The molecule has 0 saturated carbocycles. The van der Waals surface area contributed by atoms with E-state index < -0.39 is 0 Å². The van der Waals surface area contributed by atoms with Crippen LogP contribution in [0.2, 0.25) is 8.67 Å². The molecule has 16 heavy (non-hydrogen) atoms. The molecule has 0 saturated heterocycles. The molecule has 6 heteroatoms. The van der Waals surface area contributed by atoms with Crippen LogP contribution in [0.5, 0.6) is 0 Å². The van der Waals surface area contributed by atoms with E-state index in [1.807, 2.05) is 13.2 Å². The van der Waals surface area contributed by atoms with Crippen LogP contribution in [0.4, 0.5) is 0 Å². The minimum atomic E-state index is -0.0327. The van der Waals surface area contributed by atoms with Crippen molar-refractivity contribution in [2.75, 3.05) is 12.8 Å². The number of halogens is 2. The summed E-state index contributed by atoms with van der Waals surface area (Å²) in [6.07, 6.45) is 2.20. The minimum absolute atomic E-state index is 0.0327. The Hall–Kier alpha value is -0.0300. The summed E-state index contributed by atoms with van der Waals surface area (Å²) in [5.74, 6) is -0.0327. The van der Waals surface area contributed by atoms with Gasteiger partial charge in [0.1, 0.15) is 4.34 Å². The fraction of sp³-hybridized carbons (Fsp3) is 0.400. The third-order valence-electron chi connectivity index (χ3n) is 1.84. The highest BCUT2D eigenvalue weighted by atomic mass is 35.5. The van der Waals surface area contributed by atoms with Crippen molar-refractivity contribution in [2.24, 2.45) is 4.99 Å². The summed E-state index contributed by atoms with van der Waals surface area (Å²) in [4.78, 5) is 16.1. The number of Topliss-reactive ketones (excluding diaryl/α,β-unsaturated/α-hetero) is 1. The second-order valence-electron chi connectivity index (χ2n) is 2.91. The molecule has 0 atom stereocenters. The van der Waals surface area contributed by atoms with Crippen LogP contribution in [-0.2, 0) is 0 Å². The van der Waals surface area contributed by atoms with Gasteiger partial charge in [0.25, 0.3) is 0 Å². The predicted octanol–water partition coefficient (Wildman–Crippen LogP) is 4.41. The van der Waals surface area contributed by atoms with Gasteiger partial charge in [0, 0.05) is 12.1 Å². The van der Waals surface area contributed by atoms with Crippen LogP contribution >= 0.6 is 46.3 Å². The second-order valence-corrected chi connectivity index (χ2v) is 6.08. The molecule has 1 aromatic heterocycles. The molecule has 0 aliphatic carbocycles. The first kappa shape index (κ1) is 14.0. The summed E-state index contributed by atoms with van der Waals surface area (Å²) < 4.78 is 0.985. The lowest BCUT2D eigenvalue weighted by Crippen LogP contribution is -2.05. The number of hydrogen-bond acceptors (Lipinski definition) is 4. The fourth-order valence-electron chi connectivity index (χ4n) is 1.13. The lowest BCUT2D eigenvalue weighted by molar-refractivity contribution is 0.100. The number of thiophene rings is 1. The smallest absolute Gasteiger partial charge is 0.171 e. The van der Waals surface area contributed by atoms with Gasteiger partial charge < -0.3 is 0 Å². The predicted molar refractivity (Wildman–Crippen MR) is 74.8 cm³/mol. The Kier molecular flexibility index (Phi) is 5.83. The van der Waals surface area contributed by atoms with Crippen LogP contribution in [-0.4, -0.2) is 23.6 Å². The third-order valence-corrected chi connectivity index (χ3v) is 4.07. The Morgan fingerprint density at radius 3 is 2.69 bits per heavy atom. The number of ketones is 1. The molecule has 0 bridgehead atoms. The zero-order chi connectivity index (χ0) is 12.1. The van der Waals surface area contributed by atoms with E-state index in [0.29, 0.717) is 27.2 Å². The Morgan fingerprint density at radius 2 is 2.25 bits per heavy atom. The van der Waals surface area contributed by atoms with Crippen molar-refractivity contribution in [1.29, 1.82) is 0 Å². The van der Waals surface area contributed by atoms with E-state index in [0.717, 1.165) is 5.04 Å².